The number of carbonyl (C=O) groups excluding carboxylic acids is 1. The van der Waals surface area contributed by atoms with Gasteiger partial charge in [0.1, 0.15) is 11.3 Å². The quantitative estimate of drug-likeness (QED) is 0.278. The molecule has 0 aliphatic heterocycles. The van der Waals surface area contributed by atoms with E-state index in [2.05, 4.69) is 27.3 Å². The first-order chi connectivity index (χ1) is 16.9. The number of hydrogen-bond acceptors (Lipinski definition) is 7. The average Bonchev–Trinajstić information content (AvgIpc) is 3.24. The summed E-state index contributed by atoms with van der Waals surface area (Å²) >= 11 is 1.12. The van der Waals surface area contributed by atoms with Crippen LogP contribution in [-0.2, 0) is 22.4 Å². The first-order valence-electron chi connectivity index (χ1n) is 12.0. The van der Waals surface area contributed by atoms with Crippen molar-refractivity contribution in [2.45, 2.75) is 19.3 Å². The number of aromatic nitrogens is 1. The van der Waals surface area contributed by atoms with Gasteiger partial charge in [-0.3, -0.25) is 9.59 Å². The molecule has 1 amide bonds. The van der Waals surface area contributed by atoms with Crippen LogP contribution in [0.4, 0.5) is 0 Å². The molecule has 2 aromatic carbocycles. The molecule has 3 aromatic rings. The molecule has 0 aliphatic rings. The van der Waals surface area contributed by atoms with E-state index in [4.69, 9.17) is 4.74 Å². The topological polar surface area (TPSA) is 97.9 Å². The maximum Gasteiger partial charge on any atom is 0.305 e. The fraction of sp³-hybridized carbons (Fsp3) is 0.462. The number of nitrogens with zero attached hydrogens (tertiary/aromatic N) is 2. The molecule has 0 saturated heterocycles. The summed E-state index contributed by atoms with van der Waals surface area (Å²) in [4.78, 5) is 31.0. The number of likely N-dealkylation sites (N-methyl/N-ethyl adjacent to an activating group) is 1. The van der Waals surface area contributed by atoms with Crippen LogP contribution in [0.25, 0.3) is 10.2 Å². The van der Waals surface area contributed by atoms with Crippen molar-refractivity contribution in [1.82, 2.24) is 20.1 Å². The molecular weight excluding hydrogens is 464 g/mol. The van der Waals surface area contributed by atoms with Crippen molar-refractivity contribution in [2.24, 2.45) is 0 Å². The number of thiazole rings is 1. The zero-order chi connectivity index (χ0) is 25.0. The molecule has 0 spiro atoms. The Hall–Kier alpha value is -2.72. The lowest BCUT2D eigenvalue weighted by Crippen LogP contribution is -2.41. The van der Waals surface area contributed by atoms with Gasteiger partial charge in [-0.15, -0.1) is 0 Å². The summed E-state index contributed by atoms with van der Waals surface area (Å²) in [5.74, 6) is 0.194. The monoisotopic (exact) mass is 500 g/mol. The van der Waals surface area contributed by atoms with Crippen molar-refractivity contribution in [2.75, 3.05) is 60.0 Å². The Morgan fingerprint density at radius 1 is 1.03 bits per heavy atom. The van der Waals surface area contributed by atoms with E-state index < -0.39 is 0 Å². The highest BCUT2D eigenvalue weighted by molar-refractivity contribution is 7.16. The molecule has 35 heavy (non-hydrogen) atoms. The van der Waals surface area contributed by atoms with E-state index in [-0.39, 0.29) is 16.5 Å². The Labute approximate surface area is 210 Å². The molecule has 3 N–H and O–H groups in total. The summed E-state index contributed by atoms with van der Waals surface area (Å²) in [5, 5.41) is 13.3. The van der Waals surface area contributed by atoms with Gasteiger partial charge in [0.25, 0.3) is 0 Å². The first-order valence-corrected chi connectivity index (χ1v) is 12.8. The summed E-state index contributed by atoms with van der Waals surface area (Å²) in [7, 11) is 4.00. The number of hydrogen-bond donors (Lipinski definition) is 3. The minimum Gasteiger partial charge on any atom is -0.506 e. The molecule has 190 valence electrons. The van der Waals surface area contributed by atoms with E-state index in [0.29, 0.717) is 51.3 Å². The Morgan fingerprint density at radius 2 is 1.83 bits per heavy atom. The van der Waals surface area contributed by atoms with Gasteiger partial charge in [0, 0.05) is 26.2 Å². The lowest BCUT2D eigenvalue weighted by molar-refractivity contribution is -0.132. The first kappa shape index (κ1) is 26.9. The third-order valence-electron chi connectivity index (χ3n) is 5.78. The number of carbonyl (C=O) groups is 1. The highest BCUT2D eigenvalue weighted by Crippen LogP contribution is 2.27. The molecule has 0 unspecified atom stereocenters. The van der Waals surface area contributed by atoms with Gasteiger partial charge in [-0.25, -0.2) is 0 Å². The number of ether oxygens (including phenoxy) is 1. The number of rotatable bonds is 15. The number of phenolic OH excluding ortho intramolecular Hbond substituents is 1. The van der Waals surface area contributed by atoms with Crippen molar-refractivity contribution >= 4 is 27.5 Å². The maximum absolute atomic E-state index is 12.8. The van der Waals surface area contributed by atoms with Crippen molar-refractivity contribution in [3.05, 3.63) is 63.3 Å². The van der Waals surface area contributed by atoms with Crippen LogP contribution in [-0.4, -0.2) is 85.8 Å². The van der Waals surface area contributed by atoms with E-state index in [1.807, 2.05) is 43.3 Å². The second-order valence-corrected chi connectivity index (χ2v) is 9.73. The van der Waals surface area contributed by atoms with Gasteiger partial charge in [-0.2, -0.15) is 0 Å². The molecule has 0 fully saturated rings. The SMILES string of the molecule is CN(C)CCN(CCNCCc1ccc(O)c2[nH]c(=O)sc12)C(=O)CCOCCc1ccccc1. The number of benzene rings is 2. The lowest BCUT2D eigenvalue weighted by atomic mass is 10.1. The Bertz CT molecular complexity index is 1110. The van der Waals surface area contributed by atoms with Gasteiger partial charge >= 0.3 is 4.87 Å². The fourth-order valence-electron chi connectivity index (χ4n) is 3.77. The number of aromatic hydroxyl groups is 1. The van der Waals surface area contributed by atoms with Crippen molar-refractivity contribution in [3.8, 4) is 5.75 Å². The molecule has 1 aromatic heterocycles. The minimum atomic E-state index is -0.171. The van der Waals surface area contributed by atoms with Gasteiger partial charge in [0.2, 0.25) is 5.91 Å². The Kier molecular flexibility index (Phi) is 10.7. The highest BCUT2D eigenvalue weighted by Gasteiger charge is 2.14. The molecule has 1 heterocycles. The molecule has 0 bridgehead atoms. The van der Waals surface area contributed by atoms with Crippen LogP contribution in [0, 0.1) is 0 Å². The normalized spacial score (nSPS) is 11.4. The van der Waals surface area contributed by atoms with E-state index >= 15 is 0 Å². The maximum atomic E-state index is 12.8. The Morgan fingerprint density at radius 3 is 2.60 bits per heavy atom. The molecular formula is C26H36N4O4S. The number of fused-ring (bicyclic) bond motifs is 1. The van der Waals surface area contributed by atoms with Gasteiger partial charge in [-0.05, 0) is 50.7 Å². The van der Waals surface area contributed by atoms with Crippen LogP contribution in [0.15, 0.2) is 47.3 Å². The predicted octanol–water partition coefficient (Wildman–Crippen LogP) is 2.47. The average molecular weight is 501 g/mol. The van der Waals surface area contributed by atoms with E-state index in [1.54, 1.807) is 6.07 Å². The number of amides is 1. The molecule has 8 nitrogen and oxygen atoms in total. The third-order valence-corrected chi connectivity index (χ3v) is 6.73. The summed E-state index contributed by atoms with van der Waals surface area (Å²) in [6, 6.07) is 13.7. The summed E-state index contributed by atoms with van der Waals surface area (Å²) < 4.78 is 6.50. The number of phenols is 1. The summed E-state index contributed by atoms with van der Waals surface area (Å²) in [6.45, 7) is 4.53. The van der Waals surface area contributed by atoms with Crippen molar-refractivity contribution in [3.63, 3.8) is 0 Å². The van der Waals surface area contributed by atoms with Crippen LogP contribution < -0.4 is 10.2 Å². The molecule has 0 saturated carbocycles. The fourth-order valence-corrected chi connectivity index (χ4v) is 4.67. The smallest absolute Gasteiger partial charge is 0.305 e. The number of aromatic amines is 1. The second-order valence-electron chi connectivity index (χ2n) is 8.74. The molecule has 3 rings (SSSR count). The summed E-state index contributed by atoms with van der Waals surface area (Å²) in [5.41, 5.74) is 2.75. The lowest BCUT2D eigenvalue weighted by Gasteiger charge is -2.25. The summed E-state index contributed by atoms with van der Waals surface area (Å²) in [6.07, 6.45) is 1.95. The van der Waals surface area contributed by atoms with Crippen LogP contribution in [0.2, 0.25) is 0 Å². The van der Waals surface area contributed by atoms with E-state index in [9.17, 15) is 14.7 Å². The minimum absolute atomic E-state index is 0.0918. The van der Waals surface area contributed by atoms with E-state index in [1.165, 1.54) is 5.56 Å². The van der Waals surface area contributed by atoms with Crippen LogP contribution >= 0.6 is 11.3 Å². The highest BCUT2D eigenvalue weighted by atomic mass is 32.1. The standard InChI is InChI=1S/C26H36N4O4S/c1-29(2)16-17-30(23(32)12-19-34-18-11-20-6-4-3-5-7-20)15-14-27-13-10-21-8-9-22(31)24-25(21)35-26(33)28-24/h3-9,27,31H,10-19H2,1-2H3,(H,28,33). The molecule has 0 atom stereocenters. The molecule has 9 heteroatoms. The van der Waals surface area contributed by atoms with E-state index in [0.717, 1.165) is 41.0 Å². The van der Waals surface area contributed by atoms with Gasteiger partial charge < -0.3 is 29.9 Å². The van der Waals surface area contributed by atoms with Gasteiger partial charge in [-0.1, -0.05) is 47.7 Å². The Balaban J connectivity index is 1.39. The van der Waals surface area contributed by atoms with Gasteiger partial charge in [0.15, 0.2) is 0 Å². The third kappa shape index (κ3) is 8.78. The van der Waals surface area contributed by atoms with Crippen molar-refractivity contribution < 1.29 is 14.6 Å². The van der Waals surface area contributed by atoms with Gasteiger partial charge in [0.05, 0.1) is 24.3 Å². The number of H-pyrrole nitrogens is 1. The van der Waals surface area contributed by atoms with Crippen LogP contribution in [0.3, 0.4) is 0 Å². The predicted molar refractivity (Wildman–Crippen MR) is 141 cm³/mol. The largest absolute Gasteiger partial charge is 0.506 e. The van der Waals surface area contributed by atoms with Crippen LogP contribution in [0.5, 0.6) is 5.75 Å². The second kappa shape index (κ2) is 14.0. The zero-order valence-corrected chi connectivity index (χ0v) is 21.4. The van der Waals surface area contributed by atoms with Crippen molar-refractivity contribution in [1.29, 1.82) is 0 Å². The number of nitrogens with one attached hydrogen (secondary N) is 2. The van der Waals surface area contributed by atoms with Crippen LogP contribution in [0.1, 0.15) is 17.5 Å². The zero-order valence-electron chi connectivity index (χ0n) is 20.6. The molecule has 0 radical (unpaired) electrons. The molecule has 0 aliphatic carbocycles.